The zero-order chi connectivity index (χ0) is 11.1. The number of aliphatic hydroxyl groups excluding tert-OH is 1. The molecule has 0 saturated carbocycles. The van der Waals surface area contributed by atoms with Gasteiger partial charge in [0.15, 0.2) is 0 Å². The third-order valence-electron chi connectivity index (χ3n) is 2.12. The summed E-state index contributed by atoms with van der Waals surface area (Å²) in [7, 11) is 3.33. The van der Waals surface area contributed by atoms with Gasteiger partial charge < -0.3 is 14.7 Å². The fraction of sp³-hybridized carbons (Fsp3) is 0.900. The van der Waals surface area contributed by atoms with Crippen molar-refractivity contribution in [3.8, 4) is 0 Å². The molecule has 2 unspecified atom stereocenters. The fourth-order valence-corrected chi connectivity index (χ4v) is 1.24. The predicted molar refractivity (Wildman–Crippen MR) is 55.0 cm³/mol. The van der Waals surface area contributed by atoms with Crippen LogP contribution in [0.15, 0.2) is 0 Å². The van der Waals surface area contributed by atoms with E-state index < -0.39 is 0 Å². The smallest absolute Gasteiger partial charge is 0.309 e. The fourth-order valence-electron chi connectivity index (χ4n) is 1.24. The zero-order valence-electron chi connectivity index (χ0n) is 9.49. The highest BCUT2D eigenvalue weighted by atomic mass is 16.5. The lowest BCUT2D eigenvalue weighted by Crippen LogP contribution is -2.31. The normalized spacial score (nSPS) is 15.3. The van der Waals surface area contributed by atoms with Crippen LogP contribution in [0.25, 0.3) is 0 Å². The first-order valence-electron chi connectivity index (χ1n) is 4.91. The van der Waals surface area contributed by atoms with Crippen LogP contribution in [0.1, 0.15) is 20.3 Å². The number of methoxy groups -OCH3 is 1. The molecule has 0 rings (SSSR count). The highest BCUT2D eigenvalue weighted by molar-refractivity contribution is 5.71. The molecule has 0 radical (unpaired) electrons. The average Bonchev–Trinajstić information content (AvgIpc) is 2.13. The van der Waals surface area contributed by atoms with Crippen molar-refractivity contribution in [2.45, 2.75) is 26.4 Å². The Bertz CT molecular complexity index is 171. The van der Waals surface area contributed by atoms with E-state index in [-0.39, 0.29) is 18.0 Å². The van der Waals surface area contributed by atoms with E-state index >= 15 is 0 Å². The summed E-state index contributed by atoms with van der Waals surface area (Å²) < 4.78 is 4.62. The molecule has 1 N–H and O–H groups in total. The third-order valence-corrected chi connectivity index (χ3v) is 2.12. The van der Waals surface area contributed by atoms with Crippen molar-refractivity contribution >= 4 is 5.97 Å². The number of carbonyl (C=O) groups is 1. The van der Waals surface area contributed by atoms with E-state index in [0.717, 1.165) is 13.0 Å². The van der Waals surface area contributed by atoms with Crippen molar-refractivity contribution in [1.82, 2.24) is 4.90 Å². The SMILES string of the molecule is COC(=O)C(C)CN(C)CCC(C)O. The van der Waals surface area contributed by atoms with Gasteiger partial charge in [0, 0.05) is 13.1 Å². The summed E-state index contributed by atoms with van der Waals surface area (Å²) in [6.45, 7) is 5.06. The first-order chi connectivity index (χ1) is 6.47. The maximum absolute atomic E-state index is 11.1. The molecule has 0 amide bonds. The van der Waals surface area contributed by atoms with Gasteiger partial charge in [-0.15, -0.1) is 0 Å². The monoisotopic (exact) mass is 203 g/mol. The minimum absolute atomic E-state index is 0.112. The molecule has 4 heteroatoms. The Morgan fingerprint density at radius 1 is 1.50 bits per heavy atom. The molecule has 0 heterocycles. The Labute approximate surface area is 85.9 Å². The van der Waals surface area contributed by atoms with Crippen molar-refractivity contribution in [2.75, 3.05) is 27.2 Å². The van der Waals surface area contributed by atoms with Crippen LogP contribution in [0, 0.1) is 5.92 Å². The summed E-state index contributed by atoms with van der Waals surface area (Å²) >= 11 is 0. The molecule has 14 heavy (non-hydrogen) atoms. The second-order valence-corrected chi connectivity index (χ2v) is 3.82. The second kappa shape index (κ2) is 6.79. The quantitative estimate of drug-likeness (QED) is 0.639. The molecule has 0 fully saturated rings. The molecule has 0 aromatic carbocycles. The van der Waals surface area contributed by atoms with E-state index in [1.54, 1.807) is 6.92 Å². The van der Waals surface area contributed by atoms with Crippen molar-refractivity contribution in [3.63, 3.8) is 0 Å². The maximum atomic E-state index is 11.1. The molecule has 0 saturated heterocycles. The van der Waals surface area contributed by atoms with Crippen molar-refractivity contribution in [1.29, 1.82) is 0 Å². The Balaban J connectivity index is 3.70. The molecule has 0 aliphatic carbocycles. The van der Waals surface area contributed by atoms with Crippen LogP contribution in [0.4, 0.5) is 0 Å². The van der Waals surface area contributed by atoms with E-state index in [2.05, 4.69) is 4.74 Å². The number of rotatable bonds is 6. The Morgan fingerprint density at radius 2 is 2.07 bits per heavy atom. The number of ether oxygens (including phenoxy) is 1. The lowest BCUT2D eigenvalue weighted by molar-refractivity contribution is -0.145. The molecular weight excluding hydrogens is 182 g/mol. The van der Waals surface area contributed by atoms with Gasteiger partial charge in [0.1, 0.15) is 0 Å². The number of nitrogens with zero attached hydrogens (tertiary/aromatic N) is 1. The van der Waals surface area contributed by atoms with Gasteiger partial charge in [-0.3, -0.25) is 4.79 Å². The summed E-state index contributed by atoms with van der Waals surface area (Å²) in [5.41, 5.74) is 0. The van der Waals surface area contributed by atoms with Gasteiger partial charge in [-0.2, -0.15) is 0 Å². The minimum Gasteiger partial charge on any atom is -0.469 e. The van der Waals surface area contributed by atoms with Crippen LogP contribution in [0.3, 0.4) is 0 Å². The standard InChI is InChI=1S/C10H21NO3/c1-8(10(13)14-4)7-11(3)6-5-9(2)12/h8-9,12H,5-7H2,1-4H3. The lowest BCUT2D eigenvalue weighted by atomic mass is 10.1. The lowest BCUT2D eigenvalue weighted by Gasteiger charge is -2.20. The number of carbonyl (C=O) groups excluding carboxylic acids is 1. The van der Waals surface area contributed by atoms with Crippen molar-refractivity contribution in [3.05, 3.63) is 0 Å². The topological polar surface area (TPSA) is 49.8 Å². The molecule has 84 valence electrons. The second-order valence-electron chi connectivity index (χ2n) is 3.82. The molecule has 0 aliphatic rings. The van der Waals surface area contributed by atoms with Gasteiger partial charge in [0.05, 0.1) is 19.1 Å². The highest BCUT2D eigenvalue weighted by Crippen LogP contribution is 2.02. The van der Waals surface area contributed by atoms with Crippen LogP contribution < -0.4 is 0 Å². The molecule has 0 aromatic rings. The van der Waals surface area contributed by atoms with Crippen LogP contribution in [-0.2, 0) is 9.53 Å². The van der Waals surface area contributed by atoms with Crippen LogP contribution >= 0.6 is 0 Å². The largest absolute Gasteiger partial charge is 0.469 e. The van der Waals surface area contributed by atoms with Gasteiger partial charge in [-0.1, -0.05) is 6.92 Å². The first-order valence-corrected chi connectivity index (χ1v) is 4.91. The molecule has 0 spiro atoms. The summed E-state index contributed by atoms with van der Waals surface area (Å²) in [6.07, 6.45) is 0.440. The van der Waals surface area contributed by atoms with Crippen LogP contribution in [-0.4, -0.2) is 49.3 Å². The molecule has 2 atom stereocenters. The van der Waals surface area contributed by atoms with Gasteiger partial charge in [0.2, 0.25) is 0 Å². The number of esters is 1. The van der Waals surface area contributed by atoms with Crippen molar-refractivity contribution in [2.24, 2.45) is 5.92 Å². The summed E-state index contributed by atoms with van der Waals surface area (Å²) in [4.78, 5) is 13.1. The van der Waals surface area contributed by atoms with E-state index in [1.807, 2.05) is 18.9 Å². The average molecular weight is 203 g/mol. The summed E-state index contributed by atoms with van der Waals surface area (Å²) in [5.74, 6) is -0.298. The Morgan fingerprint density at radius 3 is 2.50 bits per heavy atom. The van der Waals surface area contributed by atoms with Crippen LogP contribution in [0.5, 0.6) is 0 Å². The van der Waals surface area contributed by atoms with Crippen molar-refractivity contribution < 1.29 is 14.6 Å². The van der Waals surface area contributed by atoms with Crippen LogP contribution in [0.2, 0.25) is 0 Å². The minimum atomic E-state index is -0.286. The number of aliphatic hydroxyl groups is 1. The molecule has 0 aromatic heterocycles. The number of hydrogen-bond donors (Lipinski definition) is 1. The highest BCUT2D eigenvalue weighted by Gasteiger charge is 2.15. The van der Waals surface area contributed by atoms with E-state index in [0.29, 0.717) is 6.54 Å². The maximum Gasteiger partial charge on any atom is 0.309 e. The molecule has 4 nitrogen and oxygen atoms in total. The predicted octanol–water partition coefficient (Wildman–Crippen LogP) is 0.498. The molecular formula is C10H21NO3. The number of hydrogen-bond acceptors (Lipinski definition) is 4. The summed E-state index contributed by atoms with van der Waals surface area (Å²) in [5, 5.41) is 9.07. The third kappa shape index (κ3) is 5.94. The van der Waals surface area contributed by atoms with E-state index in [9.17, 15) is 4.79 Å². The van der Waals surface area contributed by atoms with E-state index in [4.69, 9.17) is 5.11 Å². The molecule has 0 aliphatic heterocycles. The Hall–Kier alpha value is -0.610. The van der Waals surface area contributed by atoms with Gasteiger partial charge in [-0.25, -0.2) is 0 Å². The van der Waals surface area contributed by atoms with Gasteiger partial charge in [-0.05, 0) is 20.4 Å². The van der Waals surface area contributed by atoms with Gasteiger partial charge in [0.25, 0.3) is 0 Å². The Kier molecular flexibility index (Phi) is 6.49. The molecule has 0 bridgehead atoms. The zero-order valence-corrected chi connectivity index (χ0v) is 9.49. The summed E-state index contributed by atoms with van der Waals surface area (Å²) in [6, 6.07) is 0. The van der Waals surface area contributed by atoms with Gasteiger partial charge >= 0.3 is 5.97 Å². The first kappa shape index (κ1) is 13.4. The van der Waals surface area contributed by atoms with E-state index in [1.165, 1.54) is 7.11 Å².